The molecule has 2 aromatic carbocycles. The summed E-state index contributed by atoms with van der Waals surface area (Å²) in [6.07, 6.45) is 2.10. The number of anilines is 1. The summed E-state index contributed by atoms with van der Waals surface area (Å²) in [5.41, 5.74) is 2.72. The Balaban J connectivity index is 1.87. The number of hydrogen-bond acceptors (Lipinski definition) is 3. The maximum absolute atomic E-state index is 13.1. The maximum Gasteiger partial charge on any atom is 0.243 e. The summed E-state index contributed by atoms with van der Waals surface area (Å²) in [5, 5.41) is 2.93. The van der Waals surface area contributed by atoms with Crippen LogP contribution in [0.4, 0.5) is 5.69 Å². The fourth-order valence-corrected chi connectivity index (χ4v) is 5.20. The predicted molar refractivity (Wildman–Crippen MR) is 110 cm³/mol. The van der Waals surface area contributed by atoms with Gasteiger partial charge in [-0.05, 0) is 68.1 Å². The van der Waals surface area contributed by atoms with Gasteiger partial charge in [0.15, 0.2) is 0 Å². The van der Waals surface area contributed by atoms with Crippen molar-refractivity contribution in [2.75, 3.05) is 11.9 Å². The Morgan fingerprint density at radius 2 is 1.81 bits per heavy atom. The fraction of sp³-hybridized carbons (Fsp3) is 0.350. The average Bonchev–Trinajstić information content (AvgIpc) is 2.65. The number of benzene rings is 2. The van der Waals surface area contributed by atoms with Crippen LogP contribution in [0.2, 0.25) is 0 Å². The number of carbonyl (C=O) groups excluding carboxylic acids is 1. The molecule has 27 heavy (non-hydrogen) atoms. The molecule has 1 saturated heterocycles. The monoisotopic (exact) mass is 450 g/mol. The van der Waals surface area contributed by atoms with E-state index in [0.717, 1.165) is 34.1 Å². The Kier molecular flexibility index (Phi) is 6.03. The number of hydrogen-bond donors (Lipinski definition) is 1. The molecule has 1 atom stereocenters. The first-order chi connectivity index (χ1) is 12.8. The van der Waals surface area contributed by atoms with Crippen molar-refractivity contribution in [2.45, 2.75) is 44.0 Å². The zero-order chi connectivity index (χ0) is 19.6. The molecule has 0 bridgehead atoms. The number of sulfonamides is 1. The Labute approximate surface area is 169 Å². The first kappa shape index (κ1) is 20.0. The van der Waals surface area contributed by atoms with E-state index in [1.165, 1.54) is 4.31 Å². The van der Waals surface area contributed by atoms with Crippen molar-refractivity contribution in [1.29, 1.82) is 0 Å². The third kappa shape index (κ3) is 4.42. The van der Waals surface area contributed by atoms with Crippen molar-refractivity contribution >= 4 is 37.5 Å². The van der Waals surface area contributed by atoms with Crippen molar-refractivity contribution in [3.05, 3.63) is 58.1 Å². The van der Waals surface area contributed by atoms with Gasteiger partial charge in [0, 0.05) is 16.7 Å². The van der Waals surface area contributed by atoms with Crippen molar-refractivity contribution in [1.82, 2.24) is 4.31 Å². The first-order valence-corrected chi connectivity index (χ1v) is 11.2. The summed E-state index contributed by atoms with van der Waals surface area (Å²) in [7, 11) is -3.73. The predicted octanol–water partition coefficient (Wildman–Crippen LogP) is 4.25. The van der Waals surface area contributed by atoms with E-state index < -0.39 is 16.1 Å². The Bertz CT molecular complexity index is 942. The molecule has 1 aliphatic rings. The number of piperidine rings is 1. The molecule has 1 aliphatic heterocycles. The lowest BCUT2D eigenvalue weighted by Crippen LogP contribution is -2.49. The topological polar surface area (TPSA) is 66.5 Å². The van der Waals surface area contributed by atoms with E-state index in [4.69, 9.17) is 0 Å². The fourth-order valence-electron chi connectivity index (χ4n) is 3.28. The van der Waals surface area contributed by atoms with Gasteiger partial charge < -0.3 is 5.32 Å². The molecule has 1 unspecified atom stereocenters. The van der Waals surface area contributed by atoms with E-state index in [1.807, 2.05) is 32.0 Å². The number of amides is 1. The normalized spacial score (nSPS) is 18.3. The molecule has 1 fully saturated rings. The van der Waals surface area contributed by atoms with Crippen LogP contribution in [0, 0.1) is 13.8 Å². The number of rotatable bonds is 4. The minimum Gasteiger partial charge on any atom is -0.324 e. The van der Waals surface area contributed by atoms with Crippen LogP contribution in [0.15, 0.2) is 51.8 Å². The smallest absolute Gasteiger partial charge is 0.243 e. The molecular formula is C20H23BrN2O3S. The van der Waals surface area contributed by atoms with E-state index in [-0.39, 0.29) is 10.8 Å². The highest BCUT2D eigenvalue weighted by molar-refractivity contribution is 9.10. The molecule has 0 aromatic heterocycles. The molecule has 2 aromatic rings. The molecule has 1 N–H and O–H groups in total. The summed E-state index contributed by atoms with van der Waals surface area (Å²) in [5.74, 6) is -0.274. The molecule has 0 spiro atoms. The summed E-state index contributed by atoms with van der Waals surface area (Å²) in [4.78, 5) is 13.2. The number of aryl methyl sites for hydroxylation is 2. The summed E-state index contributed by atoms with van der Waals surface area (Å²) >= 11 is 3.32. The van der Waals surface area contributed by atoms with Gasteiger partial charge >= 0.3 is 0 Å². The highest BCUT2D eigenvalue weighted by Gasteiger charge is 2.37. The van der Waals surface area contributed by atoms with Crippen molar-refractivity contribution in [3.8, 4) is 0 Å². The lowest BCUT2D eigenvalue weighted by molar-refractivity contribution is -0.120. The van der Waals surface area contributed by atoms with Gasteiger partial charge in [-0.25, -0.2) is 8.42 Å². The van der Waals surface area contributed by atoms with Gasteiger partial charge in [-0.2, -0.15) is 4.31 Å². The quantitative estimate of drug-likeness (QED) is 0.756. The molecule has 144 valence electrons. The van der Waals surface area contributed by atoms with Crippen molar-refractivity contribution in [2.24, 2.45) is 0 Å². The zero-order valence-electron chi connectivity index (χ0n) is 15.4. The van der Waals surface area contributed by atoms with Crippen molar-refractivity contribution < 1.29 is 13.2 Å². The highest BCUT2D eigenvalue weighted by atomic mass is 79.9. The lowest BCUT2D eigenvalue weighted by Gasteiger charge is -2.33. The molecule has 5 nitrogen and oxygen atoms in total. The molecule has 1 amide bonds. The number of halogens is 1. The van der Waals surface area contributed by atoms with Crippen LogP contribution in [0.3, 0.4) is 0 Å². The number of nitrogens with zero attached hydrogens (tertiary/aromatic N) is 1. The second kappa shape index (κ2) is 8.12. The van der Waals surface area contributed by atoms with Crippen LogP contribution in [-0.4, -0.2) is 31.2 Å². The minimum absolute atomic E-state index is 0.206. The molecule has 1 heterocycles. The Morgan fingerprint density at radius 3 is 2.52 bits per heavy atom. The van der Waals surface area contributed by atoms with Crippen LogP contribution in [0.1, 0.15) is 30.4 Å². The molecule has 3 rings (SSSR count). The molecule has 7 heteroatoms. The van der Waals surface area contributed by atoms with E-state index in [1.54, 1.807) is 24.3 Å². The minimum atomic E-state index is -3.73. The number of nitrogens with one attached hydrogen (secondary N) is 1. The lowest BCUT2D eigenvalue weighted by atomic mass is 10.0. The van der Waals surface area contributed by atoms with E-state index in [9.17, 15) is 13.2 Å². The van der Waals surface area contributed by atoms with E-state index >= 15 is 0 Å². The van der Waals surface area contributed by atoms with Crippen LogP contribution < -0.4 is 5.32 Å². The Morgan fingerprint density at radius 1 is 1.11 bits per heavy atom. The molecule has 0 saturated carbocycles. The summed E-state index contributed by atoms with van der Waals surface area (Å²) < 4.78 is 28.4. The largest absolute Gasteiger partial charge is 0.324 e. The molecule has 0 radical (unpaired) electrons. The maximum atomic E-state index is 13.1. The highest BCUT2D eigenvalue weighted by Crippen LogP contribution is 2.27. The summed E-state index contributed by atoms with van der Waals surface area (Å²) in [6.45, 7) is 4.23. The first-order valence-electron chi connectivity index (χ1n) is 8.94. The molecule has 0 aliphatic carbocycles. The average molecular weight is 451 g/mol. The number of carbonyl (C=O) groups is 1. The standard InChI is InChI=1S/C20H23BrN2O3S/c1-14-6-7-15(2)18(13-14)22-20(24)19-5-3-4-12-23(19)27(25,26)17-10-8-16(21)9-11-17/h6-11,13,19H,3-5,12H2,1-2H3,(H,22,24). The van der Waals surface area contributed by atoms with E-state index in [0.29, 0.717) is 13.0 Å². The van der Waals surface area contributed by atoms with Gasteiger partial charge in [0.1, 0.15) is 6.04 Å². The van der Waals surface area contributed by atoms with Gasteiger partial charge in [-0.15, -0.1) is 0 Å². The second-order valence-corrected chi connectivity index (χ2v) is 9.70. The molecular weight excluding hydrogens is 428 g/mol. The van der Waals surface area contributed by atoms with Crippen molar-refractivity contribution in [3.63, 3.8) is 0 Å². The van der Waals surface area contributed by atoms with Gasteiger partial charge in [0.05, 0.1) is 4.90 Å². The van der Waals surface area contributed by atoms with Crippen LogP contribution in [-0.2, 0) is 14.8 Å². The third-order valence-electron chi connectivity index (χ3n) is 4.83. The second-order valence-electron chi connectivity index (χ2n) is 6.89. The van der Waals surface area contributed by atoms with Gasteiger partial charge in [-0.3, -0.25) is 4.79 Å². The Hall–Kier alpha value is -1.70. The zero-order valence-corrected chi connectivity index (χ0v) is 17.8. The van der Waals surface area contributed by atoms with Crippen LogP contribution in [0.25, 0.3) is 0 Å². The van der Waals surface area contributed by atoms with Gasteiger partial charge in [-0.1, -0.05) is 34.5 Å². The SMILES string of the molecule is Cc1ccc(C)c(NC(=O)C2CCCCN2S(=O)(=O)c2ccc(Br)cc2)c1. The van der Waals surface area contributed by atoms with Crippen LogP contribution >= 0.6 is 15.9 Å². The van der Waals surface area contributed by atoms with Gasteiger partial charge in [0.25, 0.3) is 0 Å². The van der Waals surface area contributed by atoms with E-state index in [2.05, 4.69) is 21.2 Å². The van der Waals surface area contributed by atoms with Crippen LogP contribution in [0.5, 0.6) is 0 Å². The summed E-state index contributed by atoms with van der Waals surface area (Å²) in [6, 6.07) is 11.7. The van der Waals surface area contributed by atoms with Gasteiger partial charge in [0.2, 0.25) is 15.9 Å². The third-order valence-corrected chi connectivity index (χ3v) is 7.28.